The van der Waals surface area contributed by atoms with Gasteiger partial charge in [0.05, 0.1) is 24.1 Å². The van der Waals surface area contributed by atoms with Crippen LogP contribution in [-0.2, 0) is 20.5 Å². The molecular formula is C29H39BN4O3. The molecule has 2 aromatic carbocycles. The Kier molecular flexibility index (Phi) is 7.07. The second-order valence-corrected chi connectivity index (χ2v) is 11.7. The molecular weight excluding hydrogens is 463 g/mol. The smallest absolute Gasteiger partial charge is 0.404 e. The van der Waals surface area contributed by atoms with E-state index in [1.807, 2.05) is 30.3 Å². The van der Waals surface area contributed by atoms with E-state index in [1.165, 1.54) is 6.42 Å². The minimum absolute atomic E-state index is 0.0452. The third-order valence-electron chi connectivity index (χ3n) is 9.04. The molecule has 5 atom stereocenters. The van der Waals surface area contributed by atoms with E-state index in [9.17, 15) is 4.79 Å². The largest absolute Gasteiger partial charge is 0.481 e. The van der Waals surface area contributed by atoms with E-state index in [-0.39, 0.29) is 34.9 Å². The number of nitrogens with one attached hydrogen (secondary N) is 1. The van der Waals surface area contributed by atoms with Gasteiger partial charge in [0.15, 0.2) is 5.96 Å². The molecule has 3 aliphatic carbocycles. The van der Waals surface area contributed by atoms with Crippen molar-refractivity contribution < 1.29 is 14.1 Å². The molecule has 2 aromatic rings. The van der Waals surface area contributed by atoms with Crippen LogP contribution in [0.1, 0.15) is 52.0 Å². The third kappa shape index (κ3) is 5.14. The fourth-order valence-electron chi connectivity index (χ4n) is 6.76. The summed E-state index contributed by atoms with van der Waals surface area (Å²) in [4.78, 5) is 17.3. The average Bonchev–Trinajstić information content (AvgIpc) is 3.23. The second-order valence-electron chi connectivity index (χ2n) is 11.7. The summed E-state index contributed by atoms with van der Waals surface area (Å²) < 4.78 is 13.2. The highest BCUT2D eigenvalue weighted by Gasteiger charge is 2.68. The van der Waals surface area contributed by atoms with Crippen molar-refractivity contribution >= 4 is 19.0 Å². The van der Waals surface area contributed by atoms with Crippen molar-refractivity contribution in [3.05, 3.63) is 60.2 Å². The highest BCUT2D eigenvalue weighted by molar-refractivity contribution is 6.47. The first-order valence-corrected chi connectivity index (χ1v) is 13.5. The molecule has 1 aliphatic heterocycles. The number of rotatable bonds is 9. The van der Waals surface area contributed by atoms with Crippen LogP contribution in [0, 0.1) is 17.3 Å². The number of hydrogen-bond donors (Lipinski definition) is 3. The van der Waals surface area contributed by atoms with Gasteiger partial charge in [0, 0.05) is 6.54 Å². The Balaban J connectivity index is 1.25. The number of aliphatic imine (C=N–C) groups is 1. The normalized spacial score (nSPS) is 28.1. The fourth-order valence-corrected chi connectivity index (χ4v) is 6.76. The summed E-state index contributed by atoms with van der Waals surface area (Å²) in [6.45, 7) is 7.40. The van der Waals surface area contributed by atoms with Crippen LogP contribution in [-0.4, -0.2) is 43.2 Å². The highest BCUT2D eigenvalue weighted by atomic mass is 16.7. The minimum atomic E-state index is -0.478. The van der Waals surface area contributed by atoms with Crippen LogP contribution in [0.3, 0.4) is 0 Å². The van der Waals surface area contributed by atoms with Crippen molar-refractivity contribution in [2.75, 3.05) is 6.54 Å². The lowest BCUT2D eigenvalue weighted by Crippen LogP contribution is -2.65. The molecule has 7 nitrogen and oxygen atoms in total. The predicted molar refractivity (Wildman–Crippen MR) is 148 cm³/mol. The lowest BCUT2D eigenvalue weighted by Gasteiger charge is -2.64. The van der Waals surface area contributed by atoms with Gasteiger partial charge in [0.25, 0.3) is 0 Å². The lowest BCUT2D eigenvalue weighted by molar-refractivity contribution is -0.199. The maximum absolute atomic E-state index is 13.2. The molecule has 0 aromatic heterocycles. The summed E-state index contributed by atoms with van der Waals surface area (Å²) in [6, 6.07) is 18.4. The Hall–Kier alpha value is -2.84. The Bertz CT molecular complexity index is 1140. The summed E-state index contributed by atoms with van der Waals surface area (Å²) >= 11 is 0. The summed E-state index contributed by atoms with van der Waals surface area (Å²) in [5.41, 5.74) is 14.2. The molecule has 0 spiro atoms. The molecule has 5 N–H and O–H groups in total. The average molecular weight is 502 g/mol. The SMILES string of the molecule is CC1(C)C2CC1[C@]1(C)OB([C@H](CCCN=C(N)N)NC(=O)Cc3ccc(-c4ccccc4)cc3)O[C@@H]1C2. The molecule has 4 aliphatic rings. The summed E-state index contributed by atoms with van der Waals surface area (Å²) in [5.74, 6) is 0.902. The van der Waals surface area contributed by atoms with Gasteiger partial charge in [0.1, 0.15) is 0 Å². The van der Waals surface area contributed by atoms with Crippen LogP contribution in [0.15, 0.2) is 59.6 Å². The first-order chi connectivity index (χ1) is 17.7. The summed E-state index contributed by atoms with van der Waals surface area (Å²) in [6.07, 6.45) is 3.95. The Morgan fingerprint density at radius 2 is 1.78 bits per heavy atom. The van der Waals surface area contributed by atoms with Crippen molar-refractivity contribution in [2.24, 2.45) is 33.7 Å². The maximum Gasteiger partial charge on any atom is 0.481 e. The fraction of sp³-hybridized carbons (Fsp3) is 0.517. The van der Waals surface area contributed by atoms with Gasteiger partial charge >= 0.3 is 7.12 Å². The topological polar surface area (TPSA) is 112 Å². The second kappa shape index (κ2) is 10.1. The monoisotopic (exact) mass is 502 g/mol. The summed E-state index contributed by atoms with van der Waals surface area (Å²) in [5, 5.41) is 3.22. The molecule has 4 fully saturated rings. The van der Waals surface area contributed by atoms with Crippen molar-refractivity contribution in [3.8, 4) is 11.1 Å². The van der Waals surface area contributed by atoms with Crippen LogP contribution in [0.4, 0.5) is 0 Å². The number of nitrogens with two attached hydrogens (primary N) is 2. The van der Waals surface area contributed by atoms with Gasteiger partial charge in [-0.15, -0.1) is 0 Å². The van der Waals surface area contributed by atoms with Gasteiger partial charge < -0.3 is 26.1 Å². The van der Waals surface area contributed by atoms with Gasteiger partial charge in [-0.3, -0.25) is 9.79 Å². The zero-order chi connectivity index (χ0) is 26.2. The van der Waals surface area contributed by atoms with Crippen molar-refractivity contribution in [3.63, 3.8) is 0 Å². The molecule has 2 bridgehead atoms. The third-order valence-corrected chi connectivity index (χ3v) is 9.04. The van der Waals surface area contributed by atoms with E-state index >= 15 is 0 Å². The number of nitrogens with zero attached hydrogens (tertiary/aromatic N) is 1. The molecule has 3 saturated carbocycles. The van der Waals surface area contributed by atoms with Gasteiger partial charge in [-0.25, -0.2) is 0 Å². The number of carbonyl (C=O) groups excluding carboxylic acids is 1. The first kappa shape index (κ1) is 25.8. The van der Waals surface area contributed by atoms with E-state index in [4.69, 9.17) is 20.8 Å². The number of amides is 1. The lowest BCUT2D eigenvalue weighted by atomic mass is 9.43. The van der Waals surface area contributed by atoms with E-state index in [0.717, 1.165) is 29.5 Å². The maximum atomic E-state index is 13.2. The molecule has 1 saturated heterocycles. The molecule has 2 unspecified atom stereocenters. The van der Waals surface area contributed by atoms with E-state index < -0.39 is 7.12 Å². The Labute approximate surface area is 220 Å². The highest BCUT2D eigenvalue weighted by Crippen LogP contribution is 2.65. The van der Waals surface area contributed by atoms with Crippen molar-refractivity contribution in [1.29, 1.82) is 0 Å². The predicted octanol–water partition coefficient (Wildman–Crippen LogP) is 3.70. The number of carbonyl (C=O) groups is 1. The Morgan fingerprint density at radius 1 is 1.08 bits per heavy atom. The number of guanidine groups is 1. The van der Waals surface area contributed by atoms with Gasteiger partial charge in [-0.1, -0.05) is 68.4 Å². The molecule has 196 valence electrons. The quantitative estimate of drug-likeness (QED) is 0.210. The first-order valence-electron chi connectivity index (χ1n) is 13.5. The van der Waals surface area contributed by atoms with Crippen LogP contribution in [0.5, 0.6) is 0 Å². The number of hydrogen-bond acceptors (Lipinski definition) is 4. The van der Waals surface area contributed by atoms with Crippen LogP contribution in [0.2, 0.25) is 0 Å². The molecule has 0 radical (unpaired) electrons. The standard InChI is InChI=1S/C29H39BN4O3/c1-28(2)22-17-23(28)29(3)24(18-22)36-30(37-29)25(10-7-15-33-27(31)32)34-26(35)16-19-11-13-21(14-12-19)20-8-5-4-6-9-20/h4-6,8-9,11-14,22-25H,7,10,15-18H2,1-3H3,(H,34,35)(H4,31,32,33)/t22?,23?,24-,25+,29+/m1/s1. The van der Waals surface area contributed by atoms with Crippen LogP contribution >= 0.6 is 0 Å². The zero-order valence-electron chi connectivity index (χ0n) is 22.2. The minimum Gasteiger partial charge on any atom is -0.404 e. The Morgan fingerprint density at radius 3 is 2.46 bits per heavy atom. The molecule has 1 heterocycles. The van der Waals surface area contributed by atoms with E-state index in [2.05, 4.69) is 55.3 Å². The van der Waals surface area contributed by atoms with Crippen LogP contribution < -0.4 is 16.8 Å². The summed E-state index contributed by atoms with van der Waals surface area (Å²) in [7, 11) is -0.478. The van der Waals surface area contributed by atoms with Crippen molar-refractivity contribution in [1.82, 2.24) is 5.32 Å². The van der Waals surface area contributed by atoms with E-state index in [1.54, 1.807) is 0 Å². The van der Waals surface area contributed by atoms with Gasteiger partial charge in [-0.05, 0) is 66.5 Å². The van der Waals surface area contributed by atoms with E-state index in [0.29, 0.717) is 31.2 Å². The van der Waals surface area contributed by atoms with Crippen LogP contribution in [0.25, 0.3) is 11.1 Å². The van der Waals surface area contributed by atoms with Gasteiger partial charge in [-0.2, -0.15) is 0 Å². The molecule has 1 amide bonds. The molecule has 37 heavy (non-hydrogen) atoms. The zero-order valence-corrected chi connectivity index (χ0v) is 22.2. The van der Waals surface area contributed by atoms with Gasteiger partial charge in [0.2, 0.25) is 5.91 Å². The molecule has 8 heteroatoms. The van der Waals surface area contributed by atoms with Crippen molar-refractivity contribution in [2.45, 2.75) is 70.5 Å². The molecule has 6 rings (SSSR count). The number of benzene rings is 2.